The molecule has 1 fully saturated rings. The summed E-state index contributed by atoms with van der Waals surface area (Å²) in [4.78, 5) is 2.54. The molecule has 0 bridgehead atoms. The van der Waals surface area contributed by atoms with Gasteiger partial charge in [-0.25, -0.2) is 0 Å². The molecular formula is C24H43N3O5. The van der Waals surface area contributed by atoms with Gasteiger partial charge in [-0.1, -0.05) is 12.1 Å². The van der Waals surface area contributed by atoms with Crippen LogP contribution in [-0.4, -0.2) is 105 Å². The number of likely N-dealkylation sites (N-methyl/N-ethyl adjacent to an activating group) is 1. The van der Waals surface area contributed by atoms with Crippen LogP contribution in [0.1, 0.15) is 24.4 Å². The maximum Gasteiger partial charge on any atom is 0.0701 e. The van der Waals surface area contributed by atoms with E-state index in [0.29, 0.717) is 65.5 Å². The van der Waals surface area contributed by atoms with E-state index in [0.717, 1.165) is 18.8 Å². The third kappa shape index (κ3) is 12.1. The Bertz CT molecular complexity index is 555. The van der Waals surface area contributed by atoms with Gasteiger partial charge in [0.05, 0.1) is 59.5 Å². The van der Waals surface area contributed by atoms with Gasteiger partial charge in [-0.3, -0.25) is 0 Å². The zero-order valence-corrected chi connectivity index (χ0v) is 20.0. The molecule has 1 aliphatic heterocycles. The molecule has 8 heteroatoms. The zero-order valence-electron chi connectivity index (χ0n) is 20.0. The van der Waals surface area contributed by atoms with Crippen molar-refractivity contribution in [1.29, 1.82) is 0 Å². The third-order valence-electron chi connectivity index (χ3n) is 5.42. The van der Waals surface area contributed by atoms with Gasteiger partial charge in [0.15, 0.2) is 0 Å². The number of benzene rings is 1. The lowest BCUT2D eigenvalue weighted by atomic mass is 10.1. The maximum atomic E-state index is 5.62. The van der Waals surface area contributed by atoms with Crippen molar-refractivity contribution in [3.05, 3.63) is 29.8 Å². The van der Waals surface area contributed by atoms with Crippen LogP contribution >= 0.6 is 0 Å². The lowest BCUT2D eigenvalue weighted by Gasteiger charge is -2.23. The first kappa shape index (κ1) is 27.0. The van der Waals surface area contributed by atoms with Crippen molar-refractivity contribution in [3.63, 3.8) is 0 Å². The number of likely N-dealkylation sites (tertiary alicyclic amines) is 1. The highest BCUT2D eigenvalue weighted by molar-refractivity contribution is 5.45. The van der Waals surface area contributed by atoms with Crippen molar-refractivity contribution in [3.8, 4) is 0 Å². The van der Waals surface area contributed by atoms with Gasteiger partial charge in [-0.15, -0.1) is 0 Å². The molecular weight excluding hydrogens is 410 g/mol. The van der Waals surface area contributed by atoms with E-state index in [-0.39, 0.29) is 0 Å². The molecule has 1 aromatic carbocycles. The molecule has 1 atom stereocenters. The Labute approximate surface area is 193 Å². The number of nitrogens with zero attached hydrogens (tertiary/aromatic N) is 1. The van der Waals surface area contributed by atoms with Gasteiger partial charge in [0.2, 0.25) is 0 Å². The first-order valence-electron chi connectivity index (χ1n) is 11.9. The lowest BCUT2D eigenvalue weighted by molar-refractivity contribution is -0.00700. The fourth-order valence-corrected chi connectivity index (χ4v) is 3.59. The van der Waals surface area contributed by atoms with Crippen LogP contribution in [0.25, 0.3) is 0 Å². The number of ether oxygens (including phenoxy) is 5. The molecule has 0 aliphatic carbocycles. The van der Waals surface area contributed by atoms with Crippen LogP contribution in [0, 0.1) is 0 Å². The van der Waals surface area contributed by atoms with Crippen LogP contribution in [0.5, 0.6) is 0 Å². The quantitative estimate of drug-likeness (QED) is 0.291. The number of nitrogens with one attached hydrogen (secondary N) is 2. The van der Waals surface area contributed by atoms with Crippen molar-refractivity contribution in [2.45, 2.75) is 18.9 Å². The van der Waals surface area contributed by atoms with Gasteiger partial charge in [0.1, 0.15) is 0 Å². The molecule has 0 spiro atoms. The summed E-state index contributed by atoms with van der Waals surface area (Å²) in [5.74, 6) is 0. The molecule has 8 nitrogen and oxygen atoms in total. The molecule has 0 aromatic heterocycles. The van der Waals surface area contributed by atoms with Crippen LogP contribution in [0.4, 0.5) is 5.69 Å². The average molecular weight is 454 g/mol. The number of rotatable bonds is 20. The van der Waals surface area contributed by atoms with Crippen molar-refractivity contribution in [1.82, 2.24) is 10.2 Å². The fourth-order valence-electron chi connectivity index (χ4n) is 3.59. The first-order chi connectivity index (χ1) is 15.8. The lowest BCUT2D eigenvalue weighted by Crippen LogP contribution is -2.31. The monoisotopic (exact) mass is 453 g/mol. The summed E-state index contributed by atoms with van der Waals surface area (Å²) in [5, 5.41) is 6.86. The topological polar surface area (TPSA) is 73.5 Å². The summed E-state index contributed by atoms with van der Waals surface area (Å²) < 4.78 is 26.7. The largest absolute Gasteiger partial charge is 0.383 e. The molecule has 32 heavy (non-hydrogen) atoms. The van der Waals surface area contributed by atoms with Crippen LogP contribution in [-0.2, 0) is 23.7 Å². The normalized spacial score (nSPS) is 15.3. The SMILES string of the molecule is CN[C@H](CN1CCCC1)c1ccc(NCCOCCOCCOCCOCCOC)cc1. The molecule has 0 amide bonds. The second-order valence-corrected chi connectivity index (χ2v) is 7.84. The molecule has 2 rings (SSSR count). The van der Waals surface area contributed by atoms with Crippen molar-refractivity contribution in [2.75, 3.05) is 105 Å². The Hall–Kier alpha value is -1.26. The number of methoxy groups -OCH3 is 1. The smallest absolute Gasteiger partial charge is 0.0701 e. The minimum atomic E-state index is 0.380. The van der Waals surface area contributed by atoms with Crippen LogP contribution in [0.3, 0.4) is 0 Å². The maximum absolute atomic E-state index is 5.62. The van der Waals surface area contributed by atoms with E-state index in [1.807, 2.05) is 7.05 Å². The van der Waals surface area contributed by atoms with Crippen molar-refractivity contribution < 1.29 is 23.7 Å². The van der Waals surface area contributed by atoms with E-state index in [2.05, 4.69) is 39.8 Å². The molecule has 0 unspecified atom stereocenters. The van der Waals surface area contributed by atoms with E-state index in [1.165, 1.54) is 31.5 Å². The Morgan fingerprint density at radius 1 is 0.781 bits per heavy atom. The van der Waals surface area contributed by atoms with Crippen molar-refractivity contribution >= 4 is 5.69 Å². The van der Waals surface area contributed by atoms with E-state index < -0.39 is 0 Å². The first-order valence-corrected chi connectivity index (χ1v) is 11.9. The second kappa shape index (κ2) is 18.2. The van der Waals surface area contributed by atoms with E-state index in [1.54, 1.807) is 7.11 Å². The Morgan fingerprint density at radius 2 is 1.31 bits per heavy atom. The van der Waals surface area contributed by atoms with Gasteiger partial charge in [-0.05, 0) is 50.7 Å². The fraction of sp³-hybridized carbons (Fsp3) is 0.750. The Balaban J connectivity index is 1.42. The summed E-state index contributed by atoms with van der Waals surface area (Å²) in [6, 6.07) is 9.10. The molecule has 0 radical (unpaired) electrons. The highest BCUT2D eigenvalue weighted by Gasteiger charge is 2.17. The zero-order chi connectivity index (χ0) is 22.7. The van der Waals surface area contributed by atoms with Crippen molar-refractivity contribution in [2.24, 2.45) is 0 Å². The predicted molar refractivity (Wildman–Crippen MR) is 128 cm³/mol. The van der Waals surface area contributed by atoms with Gasteiger partial charge in [0, 0.05) is 31.9 Å². The number of anilines is 1. The minimum absolute atomic E-state index is 0.380. The van der Waals surface area contributed by atoms with E-state index in [9.17, 15) is 0 Å². The van der Waals surface area contributed by atoms with Crippen LogP contribution in [0.15, 0.2) is 24.3 Å². The highest BCUT2D eigenvalue weighted by atomic mass is 16.6. The third-order valence-corrected chi connectivity index (χ3v) is 5.42. The number of hydrogen-bond acceptors (Lipinski definition) is 8. The predicted octanol–water partition coefficient (Wildman–Crippen LogP) is 2.17. The molecule has 1 saturated heterocycles. The van der Waals surface area contributed by atoms with Gasteiger partial charge >= 0.3 is 0 Å². The van der Waals surface area contributed by atoms with Gasteiger partial charge < -0.3 is 39.2 Å². The summed E-state index contributed by atoms with van der Waals surface area (Å²) in [6.45, 7) is 9.61. The summed E-state index contributed by atoms with van der Waals surface area (Å²) in [7, 11) is 3.70. The minimum Gasteiger partial charge on any atom is -0.383 e. The Kier molecular flexibility index (Phi) is 15.3. The summed E-state index contributed by atoms with van der Waals surface area (Å²) in [6.07, 6.45) is 2.65. The van der Waals surface area contributed by atoms with Gasteiger partial charge in [0.25, 0.3) is 0 Å². The molecule has 0 saturated carbocycles. The second-order valence-electron chi connectivity index (χ2n) is 7.84. The molecule has 184 valence electrons. The number of hydrogen-bond donors (Lipinski definition) is 2. The molecule has 2 N–H and O–H groups in total. The molecule has 1 heterocycles. The van der Waals surface area contributed by atoms with Crippen LogP contribution < -0.4 is 10.6 Å². The van der Waals surface area contributed by atoms with Crippen LogP contribution in [0.2, 0.25) is 0 Å². The summed E-state index contributed by atoms with van der Waals surface area (Å²) in [5.41, 5.74) is 2.45. The van der Waals surface area contributed by atoms with E-state index in [4.69, 9.17) is 23.7 Å². The Morgan fingerprint density at radius 3 is 1.84 bits per heavy atom. The molecule has 1 aliphatic rings. The van der Waals surface area contributed by atoms with E-state index >= 15 is 0 Å². The highest BCUT2D eigenvalue weighted by Crippen LogP contribution is 2.19. The standard InChI is InChI=1S/C24H43N3O5/c1-25-24(21-27-10-3-4-11-27)22-5-7-23(8-6-22)26-9-12-29-15-16-31-19-20-32-18-17-30-14-13-28-2/h5-8,24-26H,3-4,9-21H2,1-2H3/t24-/m1/s1. The van der Waals surface area contributed by atoms with Gasteiger partial charge in [-0.2, -0.15) is 0 Å². The average Bonchev–Trinajstić information content (AvgIpc) is 3.34. The molecule has 1 aromatic rings. The summed E-state index contributed by atoms with van der Waals surface area (Å²) >= 11 is 0.